The third-order valence-electron chi connectivity index (χ3n) is 5.52. The molecule has 0 unspecified atom stereocenters. The number of amides is 2. The van der Waals surface area contributed by atoms with Crippen molar-refractivity contribution in [2.24, 2.45) is 0 Å². The van der Waals surface area contributed by atoms with Gasteiger partial charge in [-0.15, -0.1) is 11.8 Å². The molecule has 7 heteroatoms. The lowest BCUT2D eigenvalue weighted by Gasteiger charge is -2.31. The van der Waals surface area contributed by atoms with Crippen LogP contribution in [0.2, 0.25) is 5.02 Å². The van der Waals surface area contributed by atoms with Crippen LogP contribution in [0.15, 0.2) is 83.8 Å². The lowest BCUT2D eigenvalue weighted by molar-refractivity contribution is -0.141. The van der Waals surface area contributed by atoms with Crippen molar-refractivity contribution in [3.05, 3.63) is 101 Å². The smallest absolute Gasteiger partial charge is 0.243 e. The third-order valence-corrected chi connectivity index (χ3v) is 6.78. The van der Waals surface area contributed by atoms with Crippen LogP contribution in [0.25, 0.3) is 0 Å². The summed E-state index contributed by atoms with van der Waals surface area (Å²) in [6.07, 6.45) is 1.35. The van der Waals surface area contributed by atoms with E-state index in [-0.39, 0.29) is 24.8 Å². The molecule has 0 spiro atoms. The molecule has 0 radical (unpaired) electrons. The second-order valence-electron chi connectivity index (χ2n) is 8.16. The average molecular weight is 513 g/mol. The van der Waals surface area contributed by atoms with E-state index in [9.17, 15) is 14.0 Å². The Morgan fingerprint density at radius 2 is 1.69 bits per heavy atom. The van der Waals surface area contributed by atoms with E-state index in [2.05, 4.69) is 5.32 Å². The van der Waals surface area contributed by atoms with Gasteiger partial charge >= 0.3 is 0 Å². The monoisotopic (exact) mass is 512 g/mol. The number of thioether (sulfide) groups is 1. The Labute approximate surface area is 215 Å². The first-order chi connectivity index (χ1) is 17.0. The Morgan fingerprint density at radius 3 is 2.37 bits per heavy atom. The van der Waals surface area contributed by atoms with Crippen LogP contribution in [0.4, 0.5) is 4.39 Å². The number of carbonyl (C=O) groups is 2. The Balaban J connectivity index is 1.83. The number of benzene rings is 3. The lowest BCUT2D eigenvalue weighted by atomic mass is 10.0. The van der Waals surface area contributed by atoms with E-state index in [0.29, 0.717) is 29.3 Å². The summed E-state index contributed by atoms with van der Waals surface area (Å²) in [6, 6.07) is 22.6. The van der Waals surface area contributed by atoms with Gasteiger partial charge in [-0.2, -0.15) is 0 Å². The molecule has 3 aromatic carbocycles. The van der Waals surface area contributed by atoms with Crippen LogP contribution in [0.3, 0.4) is 0 Å². The molecule has 1 atom stereocenters. The summed E-state index contributed by atoms with van der Waals surface area (Å²) in [5.41, 5.74) is 1.32. The van der Waals surface area contributed by atoms with Crippen LogP contribution in [-0.4, -0.2) is 35.1 Å². The summed E-state index contributed by atoms with van der Waals surface area (Å²) in [4.78, 5) is 29.3. The predicted molar refractivity (Wildman–Crippen MR) is 141 cm³/mol. The Kier molecular flexibility index (Phi) is 10.6. The van der Waals surface area contributed by atoms with E-state index in [1.807, 2.05) is 61.5 Å². The number of halogens is 2. The van der Waals surface area contributed by atoms with Crippen LogP contribution in [0, 0.1) is 5.82 Å². The first kappa shape index (κ1) is 26.8. The summed E-state index contributed by atoms with van der Waals surface area (Å²) in [5, 5.41) is 3.59. The highest BCUT2D eigenvalue weighted by Crippen LogP contribution is 2.23. The maximum atomic E-state index is 14.6. The van der Waals surface area contributed by atoms with E-state index in [0.717, 1.165) is 16.9 Å². The van der Waals surface area contributed by atoms with Gasteiger partial charge in [-0.1, -0.05) is 67.1 Å². The number of nitrogens with zero attached hydrogens (tertiary/aromatic N) is 1. The van der Waals surface area contributed by atoms with E-state index in [4.69, 9.17) is 11.6 Å². The minimum atomic E-state index is -0.753. The Hall–Kier alpha value is -2.83. The fraction of sp³-hybridized carbons (Fsp3) is 0.286. The third kappa shape index (κ3) is 8.41. The van der Waals surface area contributed by atoms with Gasteiger partial charge in [0.2, 0.25) is 11.8 Å². The minimum absolute atomic E-state index is 0.0220. The molecule has 0 aliphatic heterocycles. The van der Waals surface area contributed by atoms with Crippen LogP contribution in [-0.2, 0) is 22.6 Å². The summed E-state index contributed by atoms with van der Waals surface area (Å²) in [7, 11) is 0. The van der Waals surface area contributed by atoms with E-state index >= 15 is 0 Å². The molecule has 4 nitrogen and oxygen atoms in total. The average Bonchev–Trinajstić information content (AvgIpc) is 2.87. The zero-order valence-corrected chi connectivity index (χ0v) is 21.3. The molecule has 0 bridgehead atoms. The Bertz CT molecular complexity index is 1100. The molecule has 0 saturated carbocycles. The maximum absolute atomic E-state index is 14.6. The van der Waals surface area contributed by atoms with Gasteiger partial charge in [-0.25, -0.2) is 4.39 Å². The van der Waals surface area contributed by atoms with Crippen LogP contribution >= 0.6 is 23.4 Å². The molecule has 184 valence electrons. The summed E-state index contributed by atoms with van der Waals surface area (Å²) < 4.78 is 14.6. The van der Waals surface area contributed by atoms with E-state index in [1.54, 1.807) is 30.0 Å². The van der Waals surface area contributed by atoms with Gasteiger partial charge in [0.1, 0.15) is 11.9 Å². The normalized spacial score (nSPS) is 11.6. The van der Waals surface area contributed by atoms with E-state index < -0.39 is 11.9 Å². The highest BCUT2D eigenvalue weighted by molar-refractivity contribution is 7.99. The van der Waals surface area contributed by atoms with Crippen LogP contribution in [0.1, 0.15) is 30.9 Å². The number of hydrogen-bond donors (Lipinski definition) is 1. The summed E-state index contributed by atoms with van der Waals surface area (Å²) >= 11 is 7.50. The van der Waals surface area contributed by atoms with Gasteiger partial charge in [0.15, 0.2) is 0 Å². The second kappa shape index (κ2) is 13.9. The topological polar surface area (TPSA) is 49.4 Å². The predicted octanol–water partition coefficient (Wildman–Crippen LogP) is 6.13. The fourth-order valence-corrected chi connectivity index (χ4v) is 4.63. The van der Waals surface area contributed by atoms with Gasteiger partial charge in [-0.05, 0) is 42.3 Å². The first-order valence-corrected chi connectivity index (χ1v) is 13.1. The SMILES string of the molecule is CCCNC(=O)[C@H](Cc1ccccc1)N(Cc1ccccc1F)C(=O)CCSc1ccc(Cl)cc1. The maximum Gasteiger partial charge on any atom is 0.243 e. The number of nitrogens with one attached hydrogen (secondary N) is 1. The molecule has 0 aliphatic carbocycles. The van der Waals surface area contributed by atoms with Gasteiger partial charge in [0, 0.05) is 47.2 Å². The van der Waals surface area contributed by atoms with Crippen molar-refractivity contribution in [1.82, 2.24) is 10.2 Å². The van der Waals surface area contributed by atoms with Gasteiger partial charge in [-0.3, -0.25) is 9.59 Å². The van der Waals surface area contributed by atoms with Crippen molar-refractivity contribution in [2.45, 2.75) is 43.7 Å². The molecule has 35 heavy (non-hydrogen) atoms. The largest absolute Gasteiger partial charge is 0.354 e. The number of carbonyl (C=O) groups excluding carboxylic acids is 2. The standard InChI is InChI=1S/C28H30ClFN2O2S/c1-2-17-31-28(34)26(19-21-8-4-3-5-9-21)32(20-22-10-6-7-11-25(22)30)27(33)16-18-35-24-14-12-23(29)13-15-24/h3-15,26H,2,16-20H2,1H3,(H,31,34)/t26-/m0/s1. The number of hydrogen-bond acceptors (Lipinski definition) is 3. The van der Waals surface area contributed by atoms with Crippen LogP contribution in [0.5, 0.6) is 0 Å². The van der Waals surface area contributed by atoms with Crippen molar-refractivity contribution in [2.75, 3.05) is 12.3 Å². The molecule has 2 amide bonds. The molecule has 3 rings (SSSR count). The van der Waals surface area contributed by atoms with Crippen molar-refractivity contribution in [3.8, 4) is 0 Å². The molecule has 1 N–H and O–H groups in total. The number of rotatable bonds is 12. The Morgan fingerprint density at radius 1 is 1.00 bits per heavy atom. The van der Waals surface area contributed by atoms with Crippen molar-refractivity contribution in [1.29, 1.82) is 0 Å². The summed E-state index contributed by atoms with van der Waals surface area (Å²) in [6.45, 7) is 2.51. The molecule has 0 heterocycles. The molecule has 0 saturated heterocycles. The molecule has 0 aromatic heterocycles. The molecule has 3 aromatic rings. The van der Waals surface area contributed by atoms with Gasteiger partial charge in [0.05, 0.1) is 0 Å². The van der Waals surface area contributed by atoms with Crippen molar-refractivity contribution in [3.63, 3.8) is 0 Å². The van der Waals surface area contributed by atoms with E-state index in [1.165, 1.54) is 11.0 Å². The quantitative estimate of drug-likeness (QED) is 0.297. The molecular formula is C28H30ClFN2O2S. The first-order valence-electron chi connectivity index (χ1n) is 11.7. The zero-order chi connectivity index (χ0) is 25.0. The molecule has 0 aliphatic rings. The van der Waals surface area contributed by atoms with Crippen LogP contribution < -0.4 is 5.32 Å². The second-order valence-corrected chi connectivity index (χ2v) is 9.77. The minimum Gasteiger partial charge on any atom is -0.354 e. The lowest BCUT2D eigenvalue weighted by Crippen LogP contribution is -2.50. The molecular weight excluding hydrogens is 483 g/mol. The van der Waals surface area contributed by atoms with Crippen molar-refractivity contribution < 1.29 is 14.0 Å². The highest BCUT2D eigenvalue weighted by atomic mass is 35.5. The highest BCUT2D eigenvalue weighted by Gasteiger charge is 2.30. The van der Waals surface area contributed by atoms with Crippen molar-refractivity contribution >= 4 is 35.2 Å². The zero-order valence-electron chi connectivity index (χ0n) is 19.8. The fourth-order valence-electron chi connectivity index (χ4n) is 3.66. The van der Waals surface area contributed by atoms with Gasteiger partial charge < -0.3 is 10.2 Å². The molecule has 0 fully saturated rings. The summed E-state index contributed by atoms with van der Waals surface area (Å²) in [5.74, 6) is -0.288. The van der Waals surface area contributed by atoms with Gasteiger partial charge in [0.25, 0.3) is 0 Å².